The molecule has 0 saturated carbocycles. The number of imidazole rings is 1. The second-order valence-corrected chi connectivity index (χ2v) is 9.82. The molecule has 1 spiro atoms. The Morgan fingerprint density at radius 2 is 1.97 bits per heavy atom. The molecule has 33 heavy (non-hydrogen) atoms. The molecular weight excluding hydrogens is 412 g/mol. The highest BCUT2D eigenvalue weighted by atomic mass is 16.2. The first-order valence-electron chi connectivity index (χ1n) is 11.8. The summed E-state index contributed by atoms with van der Waals surface area (Å²) in [6, 6.07) is 10.5. The Morgan fingerprint density at radius 1 is 1.15 bits per heavy atom. The highest BCUT2D eigenvalue weighted by molar-refractivity contribution is 5.86. The summed E-state index contributed by atoms with van der Waals surface area (Å²) in [6.07, 6.45) is 8.49. The highest BCUT2D eigenvalue weighted by Crippen LogP contribution is 2.50. The van der Waals surface area contributed by atoms with Gasteiger partial charge in [0.25, 0.3) is 0 Å². The van der Waals surface area contributed by atoms with Crippen molar-refractivity contribution in [3.05, 3.63) is 77.9 Å². The van der Waals surface area contributed by atoms with Gasteiger partial charge in [-0.3, -0.25) is 19.7 Å². The number of hydrogen-bond donors (Lipinski definition) is 0. The zero-order chi connectivity index (χ0) is 23.0. The van der Waals surface area contributed by atoms with Gasteiger partial charge in [0, 0.05) is 69.0 Å². The number of nitrogens with zero attached hydrogens (tertiary/aromatic N) is 6. The van der Waals surface area contributed by atoms with Crippen LogP contribution in [0.15, 0.2) is 55.2 Å². The molecule has 172 valence electrons. The van der Waals surface area contributed by atoms with Gasteiger partial charge in [0.05, 0.1) is 23.1 Å². The van der Waals surface area contributed by atoms with Crippen molar-refractivity contribution >= 4 is 5.91 Å². The molecule has 1 amide bonds. The van der Waals surface area contributed by atoms with E-state index >= 15 is 0 Å². The Labute approximate surface area is 195 Å². The third-order valence-electron chi connectivity index (χ3n) is 7.18. The van der Waals surface area contributed by atoms with Crippen molar-refractivity contribution in [1.82, 2.24) is 29.3 Å². The van der Waals surface area contributed by atoms with E-state index in [0.29, 0.717) is 12.6 Å². The molecule has 5 rings (SSSR count). The van der Waals surface area contributed by atoms with Crippen LogP contribution in [-0.2, 0) is 17.9 Å². The number of likely N-dealkylation sites (tertiary alicyclic amines) is 2. The molecule has 0 aromatic carbocycles. The van der Waals surface area contributed by atoms with Crippen LogP contribution in [0, 0.1) is 12.3 Å². The summed E-state index contributed by atoms with van der Waals surface area (Å²) in [4.78, 5) is 32.0. The van der Waals surface area contributed by atoms with Crippen LogP contribution < -0.4 is 0 Å². The smallest absolute Gasteiger partial charge is 0.231 e. The molecule has 0 N–H and O–H groups in total. The molecule has 0 aliphatic carbocycles. The summed E-state index contributed by atoms with van der Waals surface area (Å²) in [5, 5.41) is 0. The fourth-order valence-electron chi connectivity index (χ4n) is 5.42. The molecule has 5 heterocycles. The summed E-state index contributed by atoms with van der Waals surface area (Å²) in [5.74, 6) is 0.334. The lowest BCUT2D eigenvalue weighted by molar-refractivity contribution is -0.136. The van der Waals surface area contributed by atoms with Crippen molar-refractivity contribution < 1.29 is 4.79 Å². The number of rotatable bonds is 6. The SMILES string of the molecule is Cc1cccc(CN2CC(c3cn(C(C)C)cn3)C3(CCN(Cc4ccncc4)C3=O)C2)n1. The van der Waals surface area contributed by atoms with E-state index in [0.717, 1.165) is 55.2 Å². The quantitative estimate of drug-likeness (QED) is 0.581. The molecule has 2 atom stereocenters. The molecule has 7 heteroatoms. The number of carbonyl (C=O) groups excluding carboxylic acids is 1. The maximum atomic E-state index is 13.9. The first kappa shape index (κ1) is 21.8. The molecule has 2 unspecified atom stereocenters. The van der Waals surface area contributed by atoms with Crippen LogP contribution >= 0.6 is 0 Å². The lowest BCUT2D eigenvalue weighted by Crippen LogP contribution is -2.39. The number of carbonyl (C=O) groups is 1. The molecule has 0 radical (unpaired) electrons. The van der Waals surface area contributed by atoms with Crippen LogP contribution in [0.25, 0.3) is 0 Å². The molecular formula is C26H32N6O. The molecule has 0 bridgehead atoms. The summed E-state index contributed by atoms with van der Waals surface area (Å²) >= 11 is 0. The topological polar surface area (TPSA) is 67.2 Å². The van der Waals surface area contributed by atoms with Gasteiger partial charge in [-0.05, 0) is 57.0 Å². The van der Waals surface area contributed by atoms with E-state index in [9.17, 15) is 4.79 Å². The van der Waals surface area contributed by atoms with Crippen LogP contribution in [0.2, 0.25) is 0 Å². The van der Waals surface area contributed by atoms with E-state index in [1.807, 2.05) is 36.4 Å². The van der Waals surface area contributed by atoms with Crippen molar-refractivity contribution in [2.24, 2.45) is 5.41 Å². The van der Waals surface area contributed by atoms with E-state index in [1.54, 1.807) is 12.4 Å². The summed E-state index contributed by atoms with van der Waals surface area (Å²) < 4.78 is 2.14. The molecule has 2 saturated heterocycles. The first-order chi connectivity index (χ1) is 15.9. The molecule has 2 aliphatic rings. The van der Waals surface area contributed by atoms with Crippen LogP contribution in [0.4, 0.5) is 0 Å². The number of hydrogen-bond acceptors (Lipinski definition) is 5. The molecule has 3 aromatic rings. The third kappa shape index (κ3) is 4.17. The average molecular weight is 445 g/mol. The van der Waals surface area contributed by atoms with Gasteiger partial charge in [0.2, 0.25) is 5.91 Å². The minimum absolute atomic E-state index is 0.0808. The van der Waals surface area contributed by atoms with Crippen molar-refractivity contribution in [2.45, 2.75) is 52.2 Å². The van der Waals surface area contributed by atoms with E-state index in [2.05, 4.69) is 46.6 Å². The van der Waals surface area contributed by atoms with Gasteiger partial charge in [0.15, 0.2) is 0 Å². The maximum absolute atomic E-state index is 13.9. The normalized spacial score (nSPS) is 23.3. The Hall–Kier alpha value is -3.06. The standard InChI is InChI=1S/C26H32N6O/c1-19(2)32-16-24(28-18-32)23-15-30(14-22-6-4-5-20(3)29-22)17-26(23)9-12-31(25(26)33)13-21-7-10-27-11-8-21/h4-8,10-11,16,18-19,23H,9,12-15,17H2,1-3H3. The number of amides is 1. The maximum Gasteiger partial charge on any atom is 0.231 e. The van der Waals surface area contributed by atoms with Gasteiger partial charge < -0.3 is 9.47 Å². The minimum Gasteiger partial charge on any atom is -0.338 e. The fraction of sp³-hybridized carbons (Fsp3) is 0.462. The van der Waals surface area contributed by atoms with Crippen LogP contribution in [0.5, 0.6) is 0 Å². The van der Waals surface area contributed by atoms with E-state index in [1.165, 1.54) is 0 Å². The lowest BCUT2D eigenvalue weighted by atomic mass is 9.75. The lowest BCUT2D eigenvalue weighted by Gasteiger charge is -2.28. The Morgan fingerprint density at radius 3 is 2.70 bits per heavy atom. The van der Waals surface area contributed by atoms with Crippen molar-refractivity contribution in [2.75, 3.05) is 19.6 Å². The van der Waals surface area contributed by atoms with Gasteiger partial charge in [-0.2, -0.15) is 0 Å². The first-order valence-corrected chi connectivity index (χ1v) is 11.8. The highest BCUT2D eigenvalue weighted by Gasteiger charge is 2.57. The zero-order valence-electron chi connectivity index (χ0n) is 19.7. The van der Waals surface area contributed by atoms with Crippen molar-refractivity contribution in [1.29, 1.82) is 0 Å². The average Bonchev–Trinajstić information content (AvgIpc) is 3.49. The third-order valence-corrected chi connectivity index (χ3v) is 7.18. The van der Waals surface area contributed by atoms with Crippen LogP contribution in [0.3, 0.4) is 0 Å². The van der Waals surface area contributed by atoms with Gasteiger partial charge in [0.1, 0.15) is 0 Å². The predicted octanol–water partition coefficient (Wildman–Crippen LogP) is 3.58. The number of pyridine rings is 2. The Balaban J connectivity index is 1.43. The van der Waals surface area contributed by atoms with Gasteiger partial charge in [-0.15, -0.1) is 0 Å². The monoisotopic (exact) mass is 444 g/mol. The molecule has 3 aromatic heterocycles. The molecule has 2 aliphatic heterocycles. The van der Waals surface area contributed by atoms with Gasteiger partial charge >= 0.3 is 0 Å². The van der Waals surface area contributed by atoms with Crippen molar-refractivity contribution in [3.8, 4) is 0 Å². The summed E-state index contributed by atoms with van der Waals surface area (Å²) in [5.41, 5.74) is 3.79. The summed E-state index contributed by atoms with van der Waals surface area (Å²) in [6.45, 7) is 10.1. The van der Waals surface area contributed by atoms with Crippen LogP contribution in [-0.4, -0.2) is 54.9 Å². The van der Waals surface area contributed by atoms with Gasteiger partial charge in [-0.25, -0.2) is 4.98 Å². The second-order valence-electron chi connectivity index (χ2n) is 9.82. The number of aromatic nitrogens is 4. The predicted molar refractivity (Wildman–Crippen MR) is 126 cm³/mol. The molecule has 2 fully saturated rings. The summed E-state index contributed by atoms with van der Waals surface area (Å²) in [7, 11) is 0. The molecule has 7 nitrogen and oxygen atoms in total. The van der Waals surface area contributed by atoms with E-state index < -0.39 is 5.41 Å². The second kappa shape index (κ2) is 8.71. The van der Waals surface area contributed by atoms with E-state index in [-0.39, 0.29) is 11.8 Å². The largest absolute Gasteiger partial charge is 0.338 e. The Kier molecular flexibility index (Phi) is 5.74. The fourth-order valence-corrected chi connectivity index (χ4v) is 5.42. The van der Waals surface area contributed by atoms with Crippen LogP contribution in [0.1, 0.15) is 54.9 Å². The minimum atomic E-state index is -0.437. The van der Waals surface area contributed by atoms with Crippen molar-refractivity contribution in [3.63, 3.8) is 0 Å². The Bertz CT molecular complexity index is 1130. The number of aryl methyl sites for hydroxylation is 1. The van der Waals surface area contributed by atoms with E-state index in [4.69, 9.17) is 9.97 Å². The van der Waals surface area contributed by atoms with Gasteiger partial charge in [-0.1, -0.05) is 6.07 Å². The zero-order valence-corrected chi connectivity index (χ0v) is 19.7.